The van der Waals surface area contributed by atoms with E-state index in [1.54, 1.807) is 11.3 Å². The van der Waals surface area contributed by atoms with Crippen LogP contribution < -0.4 is 5.32 Å². The van der Waals surface area contributed by atoms with Gasteiger partial charge in [-0.25, -0.2) is 4.98 Å². The third-order valence-corrected chi connectivity index (χ3v) is 4.53. The van der Waals surface area contributed by atoms with Gasteiger partial charge < -0.3 is 5.32 Å². The van der Waals surface area contributed by atoms with Crippen LogP contribution >= 0.6 is 22.9 Å². The van der Waals surface area contributed by atoms with E-state index in [-0.39, 0.29) is 0 Å². The second-order valence-electron chi connectivity index (χ2n) is 4.92. The fourth-order valence-corrected chi connectivity index (χ4v) is 3.21. The predicted molar refractivity (Wildman–Crippen MR) is 83.0 cm³/mol. The number of benzene rings is 1. The van der Waals surface area contributed by atoms with Gasteiger partial charge in [0.25, 0.3) is 0 Å². The Balaban J connectivity index is 1.92. The molecular weight excluding hydrogens is 276 g/mol. The number of hydrogen-bond donors (Lipinski definition) is 1. The van der Waals surface area contributed by atoms with Crippen molar-refractivity contribution < 1.29 is 0 Å². The van der Waals surface area contributed by atoms with Gasteiger partial charge in [0.1, 0.15) is 0 Å². The van der Waals surface area contributed by atoms with Crippen molar-refractivity contribution in [3.63, 3.8) is 0 Å². The van der Waals surface area contributed by atoms with Gasteiger partial charge in [-0.1, -0.05) is 23.7 Å². The summed E-state index contributed by atoms with van der Waals surface area (Å²) in [6.07, 6.45) is 0.999. The van der Waals surface area contributed by atoms with Gasteiger partial charge in [-0.05, 0) is 44.9 Å². The standard InChI is InChI=1S/C15H19ClN2S/c1-10(8-13-4-6-14(16)7-5-13)18-12(3)15-11(2)17-9-19-15/h4-7,9-10,12,18H,8H2,1-3H3. The first kappa shape index (κ1) is 14.5. The number of aromatic nitrogens is 1. The van der Waals surface area contributed by atoms with E-state index >= 15 is 0 Å². The van der Waals surface area contributed by atoms with E-state index in [0.717, 1.165) is 17.1 Å². The molecule has 1 N–H and O–H groups in total. The molecule has 1 heterocycles. The largest absolute Gasteiger partial charge is 0.307 e. The number of aryl methyl sites for hydroxylation is 1. The Morgan fingerprint density at radius 1 is 1.26 bits per heavy atom. The average Bonchev–Trinajstić information content (AvgIpc) is 2.78. The summed E-state index contributed by atoms with van der Waals surface area (Å²) in [5, 5.41) is 4.41. The Hall–Kier alpha value is -0.900. The molecule has 2 rings (SSSR count). The number of hydrogen-bond acceptors (Lipinski definition) is 3. The van der Waals surface area contributed by atoms with E-state index in [4.69, 9.17) is 11.6 Å². The van der Waals surface area contributed by atoms with E-state index in [1.165, 1.54) is 10.4 Å². The first-order valence-corrected chi connectivity index (χ1v) is 7.72. The highest BCUT2D eigenvalue weighted by Gasteiger charge is 2.13. The Labute approximate surface area is 123 Å². The predicted octanol–water partition coefficient (Wildman–Crippen LogP) is 4.39. The average molecular weight is 295 g/mol. The molecule has 0 aliphatic rings. The maximum absolute atomic E-state index is 5.90. The second kappa shape index (κ2) is 6.51. The zero-order valence-electron chi connectivity index (χ0n) is 11.5. The minimum Gasteiger partial charge on any atom is -0.307 e. The topological polar surface area (TPSA) is 24.9 Å². The molecule has 1 aromatic heterocycles. The molecule has 0 saturated heterocycles. The van der Waals surface area contributed by atoms with Crippen LogP contribution in [0.4, 0.5) is 0 Å². The summed E-state index contributed by atoms with van der Waals surface area (Å²) in [5.41, 5.74) is 4.34. The smallest absolute Gasteiger partial charge is 0.0798 e. The third kappa shape index (κ3) is 4.03. The number of thiazole rings is 1. The normalized spacial score (nSPS) is 14.3. The first-order chi connectivity index (χ1) is 9.06. The van der Waals surface area contributed by atoms with E-state index in [1.807, 2.05) is 17.6 Å². The SMILES string of the molecule is Cc1ncsc1C(C)NC(C)Cc1ccc(Cl)cc1. The highest BCUT2D eigenvalue weighted by atomic mass is 35.5. The minimum absolute atomic E-state index is 0.342. The molecule has 0 bridgehead atoms. The zero-order chi connectivity index (χ0) is 13.8. The van der Waals surface area contributed by atoms with Crippen molar-refractivity contribution in [3.05, 3.63) is 50.9 Å². The van der Waals surface area contributed by atoms with Gasteiger partial charge in [0.05, 0.1) is 11.2 Å². The molecule has 0 aliphatic carbocycles. The van der Waals surface area contributed by atoms with E-state index in [2.05, 4.69) is 43.2 Å². The monoisotopic (exact) mass is 294 g/mol. The molecule has 0 fully saturated rings. The molecule has 2 aromatic rings. The molecule has 0 radical (unpaired) electrons. The lowest BCUT2D eigenvalue weighted by molar-refractivity contribution is 0.480. The van der Waals surface area contributed by atoms with Gasteiger partial charge in [0, 0.05) is 22.0 Å². The Morgan fingerprint density at radius 2 is 1.95 bits per heavy atom. The van der Waals surface area contributed by atoms with E-state index in [9.17, 15) is 0 Å². The van der Waals surface area contributed by atoms with Crippen LogP contribution in [-0.2, 0) is 6.42 Å². The molecule has 0 amide bonds. The van der Waals surface area contributed by atoms with Crippen LogP contribution in [0.1, 0.15) is 36.0 Å². The van der Waals surface area contributed by atoms with Gasteiger partial charge in [-0.2, -0.15) is 0 Å². The molecule has 19 heavy (non-hydrogen) atoms. The first-order valence-electron chi connectivity index (χ1n) is 6.46. The maximum Gasteiger partial charge on any atom is 0.0798 e. The second-order valence-corrected chi connectivity index (χ2v) is 6.24. The molecule has 1 aromatic carbocycles. The lowest BCUT2D eigenvalue weighted by Gasteiger charge is -2.19. The van der Waals surface area contributed by atoms with E-state index < -0.39 is 0 Å². The van der Waals surface area contributed by atoms with Gasteiger partial charge in [0.15, 0.2) is 0 Å². The molecule has 0 saturated carbocycles. The van der Waals surface area contributed by atoms with Crippen molar-refractivity contribution in [1.82, 2.24) is 10.3 Å². The van der Waals surface area contributed by atoms with Crippen molar-refractivity contribution in [2.24, 2.45) is 0 Å². The molecule has 4 heteroatoms. The third-order valence-electron chi connectivity index (χ3n) is 3.17. The number of nitrogens with zero attached hydrogens (tertiary/aromatic N) is 1. The van der Waals surface area contributed by atoms with Gasteiger partial charge in [0.2, 0.25) is 0 Å². The van der Waals surface area contributed by atoms with Crippen molar-refractivity contribution in [3.8, 4) is 0 Å². The van der Waals surface area contributed by atoms with Crippen LogP contribution in [0.15, 0.2) is 29.8 Å². The molecule has 0 aliphatic heterocycles. The summed E-state index contributed by atoms with van der Waals surface area (Å²) in [5.74, 6) is 0. The van der Waals surface area contributed by atoms with Crippen LogP contribution in [0.2, 0.25) is 5.02 Å². The summed E-state index contributed by atoms with van der Waals surface area (Å²) >= 11 is 7.61. The number of rotatable bonds is 5. The Morgan fingerprint density at radius 3 is 2.53 bits per heavy atom. The van der Waals surface area contributed by atoms with Crippen LogP contribution in [0, 0.1) is 6.92 Å². The quantitative estimate of drug-likeness (QED) is 0.885. The van der Waals surface area contributed by atoms with Crippen molar-refractivity contribution in [1.29, 1.82) is 0 Å². The maximum atomic E-state index is 5.90. The van der Waals surface area contributed by atoms with Gasteiger partial charge in [-0.3, -0.25) is 0 Å². The molecular formula is C15H19ClN2S. The van der Waals surface area contributed by atoms with Crippen molar-refractivity contribution in [2.75, 3.05) is 0 Å². The minimum atomic E-state index is 0.342. The number of halogens is 1. The van der Waals surface area contributed by atoms with Crippen LogP contribution in [-0.4, -0.2) is 11.0 Å². The van der Waals surface area contributed by atoms with Gasteiger partial charge >= 0.3 is 0 Å². The zero-order valence-corrected chi connectivity index (χ0v) is 13.1. The highest BCUT2D eigenvalue weighted by molar-refractivity contribution is 7.09. The van der Waals surface area contributed by atoms with Crippen LogP contribution in [0.25, 0.3) is 0 Å². The molecule has 2 unspecified atom stereocenters. The van der Waals surface area contributed by atoms with Crippen LogP contribution in [0.5, 0.6) is 0 Å². The number of nitrogens with one attached hydrogen (secondary N) is 1. The van der Waals surface area contributed by atoms with Crippen molar-refractivity contribution in [2.45, 2.75) is 39.3 Å². The summed E-state index contributed by atoms with van der Waals surface area (Å²) in [6.45, 7) is 6.47. The Kier molecular flexibility index (Phi) is 4.97. The molecule has 2 atom stereocenters. The summed E-state index contributed by atoms with van der Waals surface area (Å²) in [4.78, 5) is 5.62. The summed E-state index contributed by atoms with van der Waals surface area (Å²) < 4.78 is 0. The molecule has 0 spiro atoms. The van der Waals surface area contributed by atoms with E-state index in [0.29, 0.717) is 12.1 Å². The van der Waals surface area contributed by atoms with Crippen LogP contribution in [0.3, 0.4) is 0 Å². The fourth-order valence-electron chi connectivity index (χ4n) is 2.26. The molecule has 102 valence electrons. The Bertz CT molecular complexity index is 521. The summed E-state index contributed by atoms with van der Waals surface area (Å²) in [6, 6.07) is 8.82. The van der Waals surface area contributed by atoms with Crippen molar-refractivity contribution >= 4 is 22.9 Å². The lowest BCUT2D eigenvalue weighted by atomic mass is 10.1. The fraction of sp³-hybridized carbons (Fsp3) is 0.400. The summed E-state index contributed by atoms with van der Waals surface area (Å²) in [7, 11) is 0. The highest BCUT2D eigenvalue weighted by Crippen LogP contribution is 2.22. The molecule has 2 nitrogen and oxygen atoms in total. The lowest BCUT2D eigenvalue weighted by Crippen LogP contribution is -2.30. The van der Waals surface area contributed by atoms with Gasteiger partial charge in [-0.15, -0.1) is 11.3 Å².